The highest BCUT2D eigenvalue weighted by Gasteiger charge is 2.12. The van der Waals surface area contributed by atoms with Crippen LogP contribution in [0.3, 0.4) is 0 Å². The molecular weight excluding hydrogens is 152 g/mol. The van der Waals surface area contributed by atoms with E-state index in [2.05, 4.69) is 0 Å². The minimum atomic E-state index is -1.33. The molecule has 0 bridgehead atoms. The predicted octanol–water partition coefficient (Wildman–Crippen LogP) is 0.863. The summed E-state index contributed by atoms with van der Waals surface area (Å²) in [5, 5.41) is 8.99. The molecular formula is C10H8O2. The van der Waals surface area contributed by atoms with Gasteiger partial charge in [0.2, 0.25) is 5.78 Å². The van der Waals surface area contributed by atoms with Crippen molar-refractivity contribution in [2.45, 2.75) is 6.10 Å². The lowest BCUT2D eigenvalue weighted by Crippen LogP contribution is -2.17. The van der Waals surface area contributed by atoms with Crippen LogP contribution in [0.5, 0.6) is 0 Å². The molecule has 2 nitrogen and oxygen atoms in total. The molecule has 0 amide bonds. The number of hydrogen-bond donors (Lipinski definition) is 1. The van der Waals surface area contributed by atoms with Gasteiger partial charge in [0.15, 0.2) is 6.10 Å². The van der Waals surface area contributed by atoms with Gasteiger partial charge in [0.25, 0.3) is 0 Å². The van der Waals surface area contributed by atoms with E-state index in [1.165, 1.54) is 0 Å². The second-order valence-electron chi connectivity index (χ2n) is 2.30. The van der Waals surface area contributed by atoms with Gasteiger partial charge >= 0.3 is 0 Å². The second kappa shape index (κ2) is 3.70. The van der Waals surface area contributed by atoms with Crippen molar-refractivity contribution in [2.75, 3.05) is 0 Å². The third kappa shape index (κ3) is 1.71. The molecule has 0 saturated carbocycles. The molecule has 60 valence electrons. The Labute approximate surface area is 70.8 Å². The Morgan fingerprint density at radius 2 is 2.00 bits per heavy atom. The number of aliphatic hydroxyl groups is 1. The smallest absolute Gasteiger partial charge is 0.203 e. The summed E-state index contributed by atoms with van der Waals surface area (Å²) in [6.07, 6.45) is 3.56. The Hall–Kier alpha value is -1.59. The third-order valence-electron chi connectivity index (χ3n) is 1.46. The molecule has 1 unspecified atom stereocenters. The zero-order valence-corrected chi connectivity index (χ0v) is 6.40. The monoisotopic (exact) mass is 160 g/mol. The minimum absolute atomic E-state index is 0.432. The maximum atomic E-state index is 11.2. The van der Waals surface area contributed by atoms with Gasteiger partial charge in [-0.15, -0.1) is 6.42 Å². The molecule has 1 aromatic rings. The van der Waals surface area contributed by atoms with Crippen LogP contribution in [0.2, 0.25) is 0 Å². The summed E-state index contributed by atoms with van der Waals surface area (Å²) in [6, 6.07) is 8.46. The molecule has 0 radical (unpaired) electrons. The fourth-order valence-corrected chi connectivity index (χ4v) is 0.836. The van der Waals surface area contributed by atoms with Gasteiger partial charge in [-0.1, -0.05) is 36.3 Å². The summed E-state index contributed by atoms with van der Waals surface area (Å²) in [7, 11) is 0. The summed E-state index contributed by atoms with van der Waals surface area (Å²) >= 11 is 0. The fourth-order valence-electron chi connectivity index (χ4n) is 0.836. The molecule has 0 spiro atoms. The van der Waals surface area contributed by atoms with Crippen LogP contribution in [-0.4, -0.2) is 17.0 Å². The molecule has 1 aromatic carbocycles. The van der Waals surface area contributed by atoms with Gasteiger partial charge in [0, 0.05) is 5.56 Å². The van der Waals surface area contributed by atoms with Crippen LogP contribution in [0.15, 0.2) is 30.3 Å². The van der Waals surface area contributed by atoms with E-state index in [0.717, 1.165) is 0 Å². The SMILES string of the molecule is C#CC(O)C(=O)c1ccccc1. The molecule has 0 aromatic heterocycles. The average Bonchev–Trinajstić information content (AvgIpc) is 2.17. The minimum Gasteiger partial charge on any atom is -0.373 e. The predicted molar refractivity (Wildman–Crippen MR) is 45.6 cm³/mol. The largest absolute Gasteiger partial charge is 0.373 e. The Morgan fingerprint density at radius 1 is 1.42 bits per heavy atom. The molecule has 1 atom stereocenters. The van der Waals surface area contributed by atoms with Gasteiger partial charge in [-0.3, -0.25) is 4.79 Å². The number of ketones is 1. The Balaban J connectivity index is 2.88. The molecule has 1 N–H and O–H groups in total. The fraction of sp³-hybridized carbons (Fsp3) is 0.100. The van der Waals surface area contributed by atoms with E-state index in [1.807, 2.05) is 5.92 Å². The number of aliphatic hydroxyl groups excluding tert-OH is 1. The average molecular weight is 160 g/mol. The van der Waals surface area contributed by atoms with E-state index in [0.29, 0.717) is 5.56 Å². The van der Waals surface area contributed by atoms with Crippen molar-refractivity contribution >= 4 is 5.78 Å². The van der Waals surface area contributed by atoms with Crippen molar-refractivity contribution in [3.05, 3.63) is 35.9 Å². The highest BCUT2D eigenvalue weighted by Crippen LogP contribution is 2.02. The van der Waals surface area contributed by atoms with E-state index < -0.39 is 11.9 Å². The number of benzene rings is 1. The lowest BCUT2D eigenvalue weighted by molar-refractivity contribution is 0.0832. The zero-order valence-electron chi connectivity index (χ0n) is 6.40. The highest BCUT2D eigenvalue weighted by molar-refractivity contribution is 6.01. The topological polar surface area (TPSA) is 37.3 Å². The molecule has 0 heterocycles. The van der Waals surface area contributed by atoms with Gasteiger partial charge in [-0.25, -0.2) is 0 Å². The van der Waals surface area contributed by atoms with Crippen LogP contribution in [0.4, 0.5) is 0 Å². The summed E-state index contributed by atoms with van der Waals surface area (Å²) < 4.78 is 0. The number of hydrogen-bond acceptors (Lipinski definition) is 2. The molecule has 12 heavy (non-hydrogen) atoms. The standard InChI is InChI=1S/C10H8O2/c1-2-9(11)10(12)8-6-4-3-5-7-8/h1,3-7,9,11H. The number of Topliss-reactive ketones (excluding diaryl/α,β-unsaturated/α-hetero) is 1. The Bertz CT molecular complexity index is 308. The van der Waals surface area contributed by atoms with Crippen LogP contribution in [-0.2, 0) is 0 Å². The first-order chi connectivity index (χ1) is 5.75. The summed E-state index contributed by atoms with van der Waals surface area (Å²) in [5.74, 6) is 1.54. The molecule has 0 fully saturated rings. The van der Waals surface area contributed by atoms with Gasteiger partial charge in [0.1, 0.15) is 0 Å². The van der Waals surface area contributed by atoms with Crippen LogP contribution < -0.4 is 0 Å². The molecule has 0 aliphatic carbocycles. The van der Waals surface area contributed by atoms with Crippen molar-refractivity contribution in [3.8, 4) is 12.3 Å². The van der Waals surface area contributed by atoms with Crippen molar-refractivity contribution in [1.29, 1.82) is 0 Å². The second-order valence-corrected chi connectivity index (χ2v) is 2.30. The molecule has 0 saturated heterocycles. The first-order valence-electron chi connectivity index (χ1n) is 3.49. The maximum Gasteiger partial charge on any atom is 0.203 e. The zero-order chi connectivity index (χ0) is 8.97. The molecule has 0 aliphatic rings. The highest BCUT2D eigenvalue weighted by atomic mass is 16.3. The van der Waals surface area contributed by atoms with E-state index in [-0.39, 0.29) is 0 Å². The number of rotatable bonds is 2. The Morgan fingerprint density at radius 3 is 2.50 bits per heavy atom. The van der Waals surface area contributed by atoms with Crippen LogP contribution in [0, 0.1) is 12.3 Å². The van der Waals surface area contributed by atoms with Crippen LogP contribution in [0.1, 0.15) is 10.4 Å². The van der Waals surface area contributed by atoms with Crippen LogP contribution in [0.25, 0.3) is 0 Å². The molecule has 2 heteroatoms. The molecule has 1 rings (SSSR count). The third-order valence-corrected chi connectivity index (χ3v) is 1.46. The van der Waals surface area contributed by atoms with Crippen LogP contribution >= 0.6 is 0 Å². The normalized spacial score (nSPS) is 11.7. The van der Waals surface area contributed by atoms with Crippen molar-refractivity contribution in [1.82, 2.24) is 0 Å². The van der Waals surface area contributed by atoms with Gasteiger partial charge < -0.3 is 5.11 Å². The summed E-state index contributed by atoms with van der Waals surface area (Å²) in [5.41, 5.74) is 0.433. The Kier molecular flexibility index (Phi) is 2.62. The summed E-state index contributed by atoms with van der Waals surface area (Å²) in [6.45, 7) is 0. The van der Waals surface area contributed by atoms with E-state index in [1.54, 1.807) is 30.3 Å². The summed E-state index contributed by atoms with van der Waals surface area (Å²) in [4.78, 5) is 11.2. The van der Waals surface area contributed by atoms with E-state index >= 15 is 0 Å². The van der Waals surface area contributed by atoms with E-state index in [4.69, 9.17) is 11.5 Å². The number of terminal acetylenes is 1. The van der Waals surface area contributed by atoms with Gasteiger partial charge in [-0.05, 0) is 0 Å². The van der Waals surface area contributed by atoms with Crippen molar-refractivity contribution in [3.63, 3.8) is 0 Å². The first kappa shape index (κ1) is 8.51. The quantitative estimate of drug-likeness (QED) is 0.514. The maximum absolute atomic E-state index is 11.2. The van der Waals surface area contributed by atoms with Crippen molar-refractivity contribution in [2.24, 2.45) is 0 Å². The number of carbonyl (C=O) groups is 1. The van der Waals surface area contributed by atoms with Gasteiger partial charge in [0.05, 0.1) is 0 Å². The molecule has 0 aliphatic heterocycles. The lowest BCUT2D eigenvalue weighted by Gasteiger charge is -2.00. The van der Waals surface area contributed by atoms with Crippen molar-refractivity contribution < 1.29 is 9.90 Å². The number of carbonyl (C=O) groups excluding carboxylic acids is 1. The van der Waals surface area contributed by atoms with Gasteiger partial charge in [-0.2, -0.15) is 0 Å². The van der Waals surface area contributed by atoms with E-state index in [9.17, 15) is 4.79 Å². The first-order valence-corrected chi connectivity index (χ1v) is 3.49. The lowest BCUT2D eigenvalue weighted by atomic mass is 10.1.